The summed E-state index contributed by atoms with van der Waals surface area (Å²) in [6.07, 6.45) is 0.0317. The third-order valence-corrected chi connectivity index (χ3v) is 3.74. The van der Waals surface area contributed by atoms with Crippen LogP contribution in [0.3, 0.4) is 0 Å². The molecule has 0 radical (unpaired) electrons. The quantitative estimate of drug-likeness (QED) is 0.878. The van der Waals surface area contributed by atoms with Crippen LogP contribution in [0.15, 0.2) is 30.3 Å². The van der Waals surface area contributed by atoms with Crippen LogP contribution in [-0.2, 0) is 15.3 Å². The van der Waals surface area contributed by atoms with Crippen LogP contribution in [0.2, 0.25) is 0 Å². The normalized spacial score (nSPS) is 28.8. The number of hydrogen-bond donors (Lipinski definition) is 1. The molecule has 4 heteroatoms. The first-order valence-electron chi connectivity index (χ1n) is 6.73. The fourth-order valence-corrected chi connectivity index (χ4v) is 2.26. The van der Waals surface area contributed by atoms with Crippen LogP contribution >= 0.6 is 0 Å². The topological polar surface area (TPSA) is 41.9 Å². The van der Waals surface area contributed by atoms with Crippen LogP contribution in [0.5, 0.6) is 0 Å². The Morgan fingerprint density at radius 2 is 2.11 bits per heavy atom. The third-order valence-electron chi connectivity index (χ3n) is 3.74. The summed E-state index contributed by atoms with van der Waals surface area (Å²) in [5, 5.41) is 9.15. The summed E-state index contributed by atoms with van der Waals surface area (Å²) in [6.45, 7) is 5.43. The van der Waals surface area contributed by atoms with Gasteiger partial charge in [-0.25, -0.2) is 0 Å². The summed E-state index contributed by atoms with van der Waals surface area (Å²) >= 11 is 0. The minimum Gasteiger partial charge on any atom is -0.395 e. The van der Waals surface area contributed by atoms with Gasteiger partial charge in [0.1, 0.15) is 0 Å². The molecule has 1 aromatic rings. The zero-order chi connectivity index (χ0) is 13.9. The first kappa shape index (κ1) is 14.5. The van der Waals surface area contributed by atoms with Gasteiger partial charge in [-0.1, -0.05) is 30.3 Å². The molecule has 1 aliphatic rings. The molecule has 106 valence electrons. The van der Waals surface area contributed by atoms with E-state index in [1.54, 1.807) is 0 Å². The first-order valence-corrected chi connectivity index (χ1v) is 6.73. The van der Waals surface area contributed by atoms with Gasteiger partial charge >= 0.3 is 0 Å². The molecule has 0 spiro atoms. The van der Waals surface area contributed by atoms with Gasteiger partial charge in [0.05, 0.1) is 19.3 Å². The van der Waals surface area contributed by atoms with Crippen molar-refractivity contribution >= 4 is 0 Å². The maximum Gasteiger partial charge on any atom is 0.192 e. The van der Waals surface area contributed by atoms with Gasteiger partial charge in [0.2, 0.25) is 0 Å². The molecule has 0 aromatic heterocycles. The number of rotatable bonds is 5. The van der Waals surface area contributed by atoms with Gasteiger partial charge in [0.15, 0.2) is 5.79 Å². The Hall–Kier alpha value is -0.940. The van der Waals surface area contributed by atoms with Crippen molar-refractivity contribution in [1.82, 2.24) is 4.90 Å². The molecule has 1 aromatic carbocycles. The molecule has 19 heavy (non-hydrogen) atoms. The molecule has 3 unspecified atom stereocenters. The van der Waals surface area contributed by atoms with Gasteiger partial charge in [-0.05, 0) is 20.9 Å². The Bertz CT molecular complexity index is 398. The molecule has 0 amide bonds. The minimum absolute atomic E-state index is 0.0317. The fraction of sp³-hybridized carbons (Fsp3) is 0.600. The van der Waals surface area contributed by atoms with Crippen molar-refractivity contribution in [2.45, 2.75) is 31.8 Å². The average molecular weight is 265 g/mol. The van der Waals surface area contributed by atoms with Gasteiger partial charge < -0.3 is 14.6 Å². The number of likely N-dealkylation sites (N-methyl/N-ethyl adjacent to an activating group) is 1. The van der Waals surface area contributed by atoms with Crippen LogP contribution in [0.1, 0.15) is 19.4 Å². The van der Waals surface area contributed by atoms with Crippen LogP contribution < -0.4 is 0 Å². The van der Waals surface area contributed by atoms with Crippen molar-refractivity contribution in [3.8, 4) is 0 Å². The number of hydrogen-bond acceptors (Lipinski definition) is 4. The SMILES string of the molecule is CC(CO)N(C)CC1COC(C)(c2ccccc2)O1. The Balaban J connectivity index is 1.96. The summed E-state index contributed by atoms with van der Waals surface area (Å²) in [7, 11) is 1.99. The lowest BCUT2D eigenvalue weighted by atomic mass is 10.1. The lowest BCUT2D eigenvalue weighted by molar-refractivity contribution is -0.163. The summed E-state index contributed by atoms with van der Waals surface area (Å²) in [6, 6.07) is 10.1. The van der Waals surface area contributed by atoms with E-state index in [9.17, 15) is 0 Å². The molecule has 0 bridgehead atoms. The molecule has 3 atom stereocenters. The number of benzene rings is 1. The second-order valence-corrected chi connectivity index (χ2v) is 5.33. The second kappa shape index (κ2) is 6.01. The van der Waals surface area contributed by atoms with Gasteiger partial charge in [-0.15, -0.1) is 0 Å². The maximum absolute atomic E-state index is 9.15. The molecule has 0 saturated carbocycles. The van der Waals surface area contributed by atoms with E-state index in [2.05, 4.69) is 4.90 Å². The van der Waals surface area contributed by atoms with Crippen molar-refractivity contribution < 1.29 is 14.6 Å². The summed E-state index contributed by atoms with van der Waals surface area (Å²) < 4.78 is 11.9. The van der Waals surface area contributed by atoms with Crippen molar-refractivity contribution in [3.63, 3.8) is 0 Å². The largest absolute Gasteiger partial charge is 0.395 e. The molecule has 1 heterocycles. The molecule has 1 saturated heterocycles. The number of nitrogens with zero attached hydrogens (tertiary/aromatic N) is 1. The van der Waals surface area contributed by atoms with Gasteiger partial charge in [0, 0.05) is 18.2 Å². The summed E-state index contributed by atoms with van der Waals surface area (Å²) in [5.41, 5.74) is 1.04. The molecular formula is C15H23NO3. The van der Waals surface area contributed by atoms with E-state index >= 15 is 0 Å². The van der Waals surface area contributed by atoms with E-state index in [1.165, 1.54) is 0 Å². The van der Waals surface area contributed by atoms with Crippen molar-refractivity contribution in [1.29, 1.82) is 0 Å². The van der Waals surface area contributed by atoms with Crippen molar-refractivity contribution in [3.05, 3.63) is 35.9 Å². The molecular weight excluding hydrogens is 242 g/mol. The highest BCUT2D eigenvalue weighted by atomic mass is 16.7. The third kappa shape index (κ3) is 3.34. The smallest absolute Gasteiger partial charge is 0.192 e. The highest BCUT2D eigenvalue weighted by Crippen LogP contribution is 2.33. The molecule has 1 fully saturated rings. The highest BCUT2D eigenvalue weighted by Gasteiger charge is 2.39. The Morgan fingerprint density at radius 1 is 1.42 bits per heavy atom. The van der Waals surface area contributed by atoms with Gasteiger partial charge in [-0.3, -0.25) is 4.90 Å². The molecule has 4 nitrogen and oxygen atoms in total. The van der Waals surface area contributed by atoms with Gasteiger partial charge in [-0.2, -0.15) is 0 Å². The van der Waals surface area contributed by atoms with Gasteiger partial charge in [0.25, 0.3) is 0 Å². The van der Waals surface area contributed by atoms with Crippen molar-refractivity contribution in [2.75, 3.05) is 26.8 Å². The predicted octanol–water partition coefficient (Wildman–Crippen LogP) is 1.59. The Kier molecular flexibility index (Phi) is 4.58. The van der Waals surface area contributed by atoms with Crippen LogP contribution in [-0.4, -0.2) is 49.0 Å². The zero-order valence-corrected chi connectivity index (χ0v) is 11.9. The molecule has 1 aliphatic heterocycles. The monoisotopic (exact) mass is 265 g/mol. The van der Waals surface area contributed by atoms with E-state index in [1.807, 2.05) is 51.2 Å². The van der Waals surface area contributed by atoms with E-state index in [0.717, 1.165) is 12.1 Å². The fourth-order valence-electron chi connectivity index (χ4n) is 2.26. The highest BCUT2D eigenvalue weighted by molar-refractivity contribution is 5.20. The average Bonchev–Trinajstić information content (AvgIpc) is 2.81. The maximum atomic E-state index is 9.15. The first-order chi connectivity index (χ1) is 9.05. The molecule has 1 N–H and O–H groups in total. The Labute approximate surface area is 114 Å². The van der Waals surface area contributed by atoms with E-state index in [-0.39, 0.29) is 18.8 Å². The standard InChI is InChI=1S/C15H23NO3/c1-12(10-17)16(3)9-14-11-18-15(2,19-14)13-7-5-4-6-8-13/h4-8,12,14,17H,9-11H2,1-3H3. The van der Waals surface area contributed by atoms with E-state index in [0.29, 0.717) is 6.61 Å². The van der Waals surface area contributed by atoms with Crippen LogP contribution in [0.4, 0.5) is 0 Å². The minimum atomic E-state index is -0.658. The lowest BCUT2D eigenvalue weighted by Gasteiger charge is -2.27. The van der Waals surface area contributed by atoms with Crippen molar-refractivity contribution in [2.24, 2.45) is 0 Å². The lowest BCUT2D eigenvalue weighted by Crippen LogP contribution is -2.39. The summed E-state index contributed by atoms with van der Waals surface area (Å²) in [4.78, 5) is 2.09. The number of aliphatic hydroxyl groups excluding tert-OH is 1. The molecule has 2 rings (SSSR count). The summed E-state index contributed by atoms with van der Waals surface area (Å²) in [5.74, 6) is -0.658. The van der Waals surface area contributed by atoms with Crippen LogP contribution in [0, 0.1) is 0 Å². The van der Waals surface area contributed by atoms with E-state index < -0.39 is 5.79 Å². The number of ether oxygens (including phenoxy) is 2. The zero-order valence-electron chi connectivity index (χ0n) is 11.9. The second-order valence-electron chi connectivity index (χ2n) is 5.33. The molecule has 0 aliphatic carbocycles. The van der Waals surface area contributed by atoms with Crippen LogP contribution in [0.25, 0.3) is 0 Å². The number of aliphatic hydroxyl groups is 1. The predicted molar refractivity (Wildman–Crippen MR) is 73.8 cm³/mol. The Morgan fingerprint density at radius 3 is 2.74 bits per heavy atom. The van der Waals surface area contributed by atoms with E-state index in [4.69, 9.17) is 14.6 Å².